The van der Waals surface area contributed by atoms with Crippen LogP contribution in [0.5, 0.6) is 5.75 Å². The van der Waals surface area contributed by atoms with Crippen LogP contribution in [-0.4, -0.2) is 33.3 Å². The number of anilines is 2. The number of urea groups is 1. The second-order valence-electron chi connectivity index (χ2n) is 7.57. The minimum Gasteiger partial charge on any atom is -0.505 e. The van der Waals surface area contributed by atoms with Crippen molar-refractivity contribution in [1.82, 2.24) is 9.88 Å². The largest absolute Gasteiger partial charge is 0.505 e. The van der Waals surface area contributed by atoms with E-state index >= 15 is 0 Å². The van der Waals surface area contributed by atoms with Gasteiger partial charge in [0.15, 0.2) is 5.69 Å². The molecular weight excluding hydrogens is 429 g/mol. The van der Waals surface area contributed by atoms with Gasteiger partial charge in [0.1, 0.15) is 11.6 Å². The summed E-state index contributed by atoms with van der Waals surface area (Å²) in [4.78, 5) is 37.9. The fraction of sp³-hybridized carbons (Fsp3) is 0.208. The molecule has 0 aliphatic heterocycles. The van der Waals surface area contributed by atoms with Crippen LogP contribution in [-0.2, 0) is 11.8 Å². The van der Waals surface area contributed by atoms with E-state index in [1.165, 1.54) is 35.9 Å². The highest BCUT2D eigenvalue weighted by Crippen LogP contribution is 2.35. The molecule has 0 saturated heterocycles. The average Bonchev–Trinajstić information content (AvgIpc) is 2.76. The molecule has 3 aromatic rings. The lowest BCUT2D eigenvalue weighted by Gasteiger charge is -2.25. The summed E-state index contributed by atoms with van der Waals surface area (Å²) in [5.74, 6) is -2.08. The van der Waals surface area contributed by atoms with Crippen molar-refractivity contribution in [3.8, 4) is 16.9 Å². The van der Waals surface area contributed by atoms with E-state index in [-0.39, 0.29) is 29.9 Å². The van der Waals surface area contributed by atoms with Crippen LogP contribution in [0.15, 0.2) is 53.3 Å². The van der Waals surface area contributed by atoms with Gasteiger partial charge in [-0.1, -0.05) is 24.3 Å². The molecule has 0 saturated carbocycles. The number of aliphatic carboxylic acids is 1. The number of rotatable bonds is 6. The molecule has 33 heavy (non-hydrogen) atoms. The molecule has 0 aliphatic carbocycles. The van der Waals surface area contributed by atoms with E-state index in [0.29, 0.717) is 11.3 Å². The molecule has 0 atom stereocenters. The third kappa shape index (κ3) is 4.87. The second kappa shape index (κ2) is 9.56. The van der Waals surface area contributed by atoms with Crippen molar-refractivity contribution < 1.29 is 24.2 Å². The molecular formula is C24H24FN3O5. The van der Waals surface area contributed by atoms with Gasteiger partial charge in [0.05, 0.1) is 12.1 Å². The molecule has 9 heteroatoms. The number of carbonyl (C=O) groups excluding carboxylic acids is 1. The van der Waals surface area contributed by atoms with E-state index < -0.39 is 29.1 Å². The Labute approximate surface area is 189 Å². The SMILES string of the molecule is Cc1ccccc1-c1cc(N(C(=O)NCCC(=O)O)c2c(O)cc(C)n(C)c2=O)ccc1F. The first-order chi connectivity index (χ1) is 15.6. The summed E-state index contributed by atoms with van der Waals surface area (Å²) < 4.78 is 16.0. The summed E-state index contributed by atoms with van der Waals surface area (Å²) in [6, 6.07) is 11.5. The van der Waals surface area contributed by atoms with Gasteiger partial charge in [-0.25, -0.2) is 9.18 Å². The van der Waals surface area contributed by atoms with Crippen LogP contribution in [0.2, 0.25) is 0 Å². The molecule has 8 nitrogen and oxygen atoms in total. The Morgan fingerprint density at radius 1 is 1.09 bits per heavy atom. The van der Waals surface area contributed by atoms with Gasteiger partial charge in [-0.05, 0) is 43.2 Å². The number of hydrogen-bond acceptors (Lipinski definition) is 4. The van der Waals surface area contributed by atoms with Crippen molar-refractivity contribution in [2.75, 3.05) is 11.4 Å². The van der Waals surface area contributed by atoms with Crippen LogP contribution >= 0.6 is 0 Å². The Hall–Kier alpha value is -4.14. The Morgan fingerprint density at radius 2 is 1.79 bits per heavy atom. The number of benzene rings is 2. The number of aromatic nitrogens is 1. The van der Waals surface area contributed by atoms with Gasteiger partial charge in [-0.2, -0.15) is 0 Å². The van der Waals surface area contributed by atoms with E-state index in [1.807, 2.05) is 19.1 Å². The molecule has 172 valence electrons. The van der Waals surface area contributed by atoms with Crippen LogP contribution in [0.3, 0.4) is 0 Å². The van der Waals surface area contributed by atoms with Crippen LogP contribution in [0, 0.1) is 19.7 Å². The second-order valence-corrected chi connectivity index (χ2v) is 7.57. The minimum absolute atomic E-state index is 0.124. The lowest BCUT2D eigenvalue weighted by Crippen LogP contribution is -2.41. The summed E-state index contributed by atoms with van der Waals surface area (Å²) in [5.41, 5.74) is 1.22. The zero-order valence-corrected chi connectivity index (χ0v) is 18.4. The maximum Gasteiger partial charge on any atom is 0.326 e. The Morgan fingerprint density at radius 3 is 2.45 bits per heavy atom. The first-order valence-electron chi connectivity index (χ1n) is 10.2. The van der Waals surface area contributed by atoms with Gasteiger partial charge in [-0.3, -0.25) is 14.5 Å². The molecule has 0 aliphatic rings. The highest BCUT2D eigenvalue weighted by Gasteiger charge is 2.26. The van der Waals surface area contributed by atoms with Crippen molar-refractivity contribution >= 4 is 23.4 Å². The Balaban J connectivity index is 2.19. The number of hydrogen-bond donors (Lipinski definition) is 3. The molecule has 2 aromatic carbocycles. The van der Waals surface area contributed by atoms with Crippen molar-refractivity contribution in [3.63, 3.8) is 0 Å². The standard InChI is InChI=1S/C24H24FN3O5/c1-14-6-4-5-7-17(14)18-13-16(8-9-19(18)25)28(24(33)26-11-10-21(30)31)22-20(29)12-15(2)27(3)23(22)32/h4-9,12-13,29H,10-11H2,1-3H3,(H,26,33)(H,30,31). The number of amides is 2. The highest BCUT2D eigenvalue weighted by atomic mass is 19.1. The molecule has 3 rings (SSSR count). The van der Waals surface area contributed by atoms with Gasteiger partial charge in [0, 0.05) is 30.9 Å². The number of carboxylic acids is 1. The lowest BCUT2D eigenvalue weighted by atomic mass is 9.99. The summed E-state index contributed by atoms with van der Waals surface area (Å²) in [5, 5.41) is 21.9. The number of halogens is 1. The van der Waals surface area contributed by atoms with Crippen molar-refractivity contribution in [2.45, 2.75) is 20.3 Å². The number of aryl methyl sites for hydroxylation is 2. The normalized spacial score (nSPS) is 10.7. The molecule has 1 aromatic heterocycles. The summed E-state index contributed by atoms with van der Waals surface area (Å²) in [6.07, 6.45) is -0.338. The van der Waals surface area contributed by atoms with E-state index in [4.69, 9.17) is 5.11 Å². The highest BCUT2D eigenvalue weighted by molar-refractivity contribution is 6.01. The predicted molar refractivity (Wildman–Crippen MR) is 122 cm³/mol. The Bertz CT molecular complexity index is 1290. The quantitative estimate of drug-likeness (QED) is 0.525. The first-order valence-corrected chi connectivity index (χ1v) is 10.2. The van der Waals surface area contributed by atoms with Crippen LogP contribution < -0.4 is 15.8 Å². The zero-order valence-electron chi connectivity index (χ0n) is 18.4. The van der Waals surface area contributed by atoms with Crippen molar-refractivity contribution in [2.24, 2.45) is 7.05 Å². The van der Waals surface area contributed by atoms with Crippen LogP contribution in [0.1, 0.15) is 17.7 Å². The summed E-state index contributed by atoms with van der Waals surface area (Å²) in [6.45, 7) is 3.24. The number of nitrogens with zero attached hydrogens (tertiary/aromatic N) is 2. The van der Waals surface area contributed by atoms with E-state index in [9.17, 15) is 23.9 Å². The summed E-state index contributed by atoms with van der Waals surface area (Å²) >= 11 is 0. The number of nitrogens with one attached hydrogen (secondary N) is 1. The molecule has 0 fully saturated rings. The number of carboxylic acid groups (broad SMARTS) is 1. The van der Waals surface area contributed by atoms with Crippen molar-refractivity contribution in [3.05, 3.63) is 76.0 Å². The smallest absolute Gasteiger partial charge is 0.326 e. The molecule has 2 amide bonds. The van der Waals surface area contributed by atoms with Crippen LogP contribution in [0.25, 0.3) is 11.1 Å². The molecule has 0 spiro atoms. The fourth-order valence-corrected chi connectivity index (χ4v) is 3.44. The number of aromatic hydroxyl groups is 1. The molecule has 1 heterocycles. The molecule has 0 unspecified atom stereocenters. The summed E-state index contributed by atoms with van der Waals surface area (Å²) in [7, 11) is 1.49. The first kappa shape index (κ1) is 23.5. The maximum atomic E-state index is 14.8. The maximum absolute atomic E-state index is 14.8. The monoisotopic (exact) mass is 453 g/mol. The topological polar surface area (TPSA) is 112 Å². The third-order valence-corrected chi connectivity index (χ3v) is 5.31. The molecule has 3 N–H and O–H groups in total. The fourth-order valence-electron chi connectivity index (χ4n) is 3.44. The van der Waals surface area contributed by atoms with Crippen molar-refractivity contribution in [1.29, 1.82) is 0 Å². The van der Waals surface area contributed by atoms with Gasteiger partial charge < -0.3 is 20.1 Å². The lowest BCUT2D eigenvalue weighted by molar-refractivity contribution is -0.136. The van der Waals surface area contributed by atoms with E-state index in [2.05, 4.69) is 5.32 Å². The van der Waals surface area contributed by atoms with Gasteiger partial charge >= 0.3 is 12.0 Å². The molecule has 0 radical (unpaired) electrons. The Kier molecular flexibility index (Phi) is 6.81. The van der Waals surface area contributed by atoms with Gasteiger partial charge in [-0.15, -0.1) is 0 Å². The van der Waals surface area contributed by atoms with Gasteiger partial charge in [0.2, 0.25) is 0 Å². The van der Waals surface area contributed by atoms with Crippen LogP contribution in [0.4, 0.5) is 20.6 Å². The minimum atomic E-state index is -1.11. The predicted octanol–water partition coefficient (Wildman–Crippen LogP) is 3.84. The van der Waals surface area contributed by atoms with E-state index in [0.717, 1.165) is 10.5 Å². The number of carbonyl (C=O) groups is 2. The average molecular weight is 453 g/mol. The molecule has 0 bridgehead atoms. The zero-order chi connectivity index (χ0) is 24.3. The van der Waals surface area contributed by atoms with E-state index in [1.54, 1.807) is 19.1 Å². The number of pyridine rings is 1. The third-order valence-electron chi connectivity index (χ3n) is 5.31. The van der Waals surface area contributed by atoms with Gasteiger partial charge in [0.25, 0.3) is 5.56 Å².